The zero-order chi connectivity index (χ0) is 20.8. The van der Waals surface area contributed by atoms with Crippen molar-refractivity contribution in [1.82, 2.24) is 24.3 Å². The Labute approximate surface area is 175 Å². The Morgan fingerprint density at radius 3 is 2.27 bits per heavy atom. The number of aryl methyl sites for hydroxylation is 4. The molecule has 0 aliphatic heterocycles. The van der Waals surface area contributed by atoms with Gasteiger partial charge in [-0.1, -0.05) is 36.4 Å². The van der Waals surface area contributed by atoms with Crippen LogP contribution in [0, 0.1) is 20.8 Å². The van der Waals surface area contributed by atoms with Crippen molar-refractivity contribution in [3.63, 3.8) is 0 Å². The molecule has 5 heteroatoms. The third kappa shape index (κ3) is 2.82. The summed E-state index contributed by atoms with van der Waals surface area (Å²) in [5.74, 6) is 1.78. The minimum Gasteiger partial charge on any atom is -0.331 e. The molecule has 0 fully saturated rings. The van der Waals surface area contributed by atoms with E-state index in [1.165, 1.54) is 11.1 Å². The molecule has 0 saturated carbocycles. The number of fused-ring (bicyclic) bond motifs is 1. The Bertz CT molecular complexity index is 1350. The van der Waals surface area contributed by atoms with Crippen LogP contribution in [0.15, 0.2) is 67.0 Å². The van der Waals surface area contributed by atoms with Gasteiger partial charge in [0.15, 0.2) is 5.82 Å². The van der Waals surface area contributed by atoms with Gasteiger partial charge in [-0.05, 0) is 67.3 Å². The van der Waals surface area contributed by atoms with Crippen LogP contribution in [-0.4, -0.2) is 24.3 Å². The van der Waals surface area contributed by atoms with Crippen LogP contribution in [0.5, 0.6) is 0 Å². The van der Waals surface area contributed by atoms with E-state index in [-0.39, 0.29) is 0 Å². The smallest absolute Gasteiger partial charge is 0.165 e. The molecule has 30 heavy (non-hydrogen) atoms. The summed E-state index contributed by atoms with van der Waals surface area (Å²) in [4.78, 5) is 9.40. The lowest BCUT2D eigenvalue weighted by Gasteiger charge is -2.15. The second-order valence-electron chi connectivity index (χ2n) is 7.71. The number of benzene rings is 3. The highest BCUT2D eigenvalue weighted by atomic mass is 15.3. The summed E-state index contributed by atoms with van der Waals surface area (Å²) in [5, 5.41) is 4.59. The van der Waals surface area contributed by atoms with Gasteiger partial charge in [-0.3, -0.25) is 0 Å². The summed E-state index contributed by atoms with van der Waals surface area (Å²) in [7, 11) is 2.04. The van der Waals surface area contributed by atoms with E-state index in [9.17, 15) is 0 Å². The fraction of sp³-hybridized carbons (Fsp3) is 0.160. The quantitative estimate of drug-likeness (QED) is 0.412. The first-order valence-corrected chi connectivity index (χ1v) is 10.0. The summed E-state index contributed by atoms with van der Waals surface area (Å²) in [5.41, 5.74) is 8.82. The Kier molecular flexibility index (Phi) is 4.24. The van der Waals surface area contributed by atoms with Gasteiger partial charge in [-0.2, -0.15) is 5.10 Å². The van der Waals surface area contributed by atoms with Gasteiger partial charge in [-0.15, -0.1) is 0 Å². The first-order valence-electron chi connectivity index (χ1n) is 10.0. The van der Waals surface area contributed by atoms with Crippen molar-refractivity contribution in [2.45, 2.75) is 20.8 Å². The fourth-order valence-corrected chi connectivity index (χ4v) is 4.19. The Balaban J connectivity index is 1.69. The molecular weight excluding hydrogens is 370 g/mol. The van der Waals surface area contributed by atoms with E-state index in [1.807, 2.05) is 24.7 Å². The van der Waals surface area contributed by atoms with Crippen molar-refractivity contribution in [3.05, 3.63) is 83.9 Å². The van der Waals surface area contributed by atoms with E-state index in [1.54, 1.807) is 6.33 Å². The van der Waals surface area contributed by atoms with Crippen molar-refractivity contribution < 1.29 is 0 Å². The average Bonchev–Trinajstić information content (AvgIpc) is 3.33. The third-order valence-corrected chi connectivity index (χ3v) is 5.73. The van der Waals surface area contributed by atoms with Gasteiger partial charge >= 0.3 is 0 Å². The molecule has 3 aromatic carbocycles. The topological polar surface area (TPSA) is 48.5 Å². The van der Waals surface area contributed by atoms with E-state index in [0.29, 0.717) is 0 Å². The first kappa shape index (κ1) is 18.3. The molecule has 5 rings (SSSR count). The fourth-order valence-electron chi connectivity index (χ4n) is 4.19. The van der Waals surface area contributed by atoms with Crippen LogP contribution in [0.2, 0.25) is 0 Å². The standard InChI is InChI=1S/C25H23N5/c1-16-13-20(19-9-6-5-7-10-19)14-17(2)24(16)30-25(26-15-27-30)21-11-8-12-22-23(21)28-18(3)29(22)4/h5-15H,1-4H3. The molecule has 0 aliphatic rings. The number of aromatic nitrogens is 5. The molecule has 148 valence electrons. The molecule has 0 spiro atoms. The Morgan fingerprint density at radius 1 is 0.800 bits per heavy atom. The van der Waals surface area contributed by atoms with Crippen molar-refractivity contribution in [1.29, 1.82) is 0 Å². The van der Waals surface area contributed by atoms with Gasteiger partial charge in [0.05, 0.1) is 16.7 Å². The minimum atomic E-state index is 0.803. The first-order chi connectivity index (χ1) is 14.5. The molecule has 2 aromatic heterocycles. The minimum absolute atomic E-state index is 0.803. The van der Waals surface area contributed by atoms with E-state index < -0.39 is 0 Å². The number of hydrogen-bond donors (Lipinski definition) is 0. The van der Waals surface area contributed by atoms with Crippen molar-refractivity contribution in [2.75, 3.05) is 0 Å². The normalized spacial score (nSPS) is 11.3. The molecular formula is C25H23N5. The number of imidazole rings is 1. The third-order valence-electron chi connectivity index (χ3n) is 5.73. The number of para-hydroxylation sites is 1. The predicted molar refractivity (Wildman–Crippen MR) is 121 cm³/mol. The summed E-state index contributed by atoms with van der Waals surface area (Å²) in [6.45, 7) is 6.28. The molecule has 2 heterocycles. The highest BCUT2D eigenvalue weighted by Gasteiger charge is 2.18. The highest BCUT2D eigenvalue weighted by Crippen LogP contribution is 2.32. The van der Waals surface area contributed by atoms with Gasteiger partial charge in [0.25, 0.3) is 0 Å². The van der Waals surface area contributed by atoms with Crippen LogP contribution < -0.4 is 0 Å². The summed E-state index contributed by atoms with van der Waals surface area (Å²) in [6, 6.07) is 21.1. The predicted octanol–water partition coefficient (Wildman–Crippen LogP) is 5.41. The Morgan fingerprint density at radius 2 is 1.53 bits per heavy atom. The van der Waals surface area contributed by atoms with Gasteiger partial charge in [0.1, 0.15) is 12.2 Å². The summed E-state index contributed by atoms with van der Waals surface area (Å²) < 4.78 is 4.04. The second kappa shape index (κ2) is 6.95. The van der Waals surface area contributed by atoms with Crippen LogP contribution in [0.4, 0.5) is 0 Å². The zero-order valence-corrected chi connectivity index (χ0v) is 17.6. The zero-order valence-electron chi connectivity index (χ0n) is 17.6. The maximum Gasteiger partial charge on any atom is 0.165 e. The molecule has 0 N–H and O–H groups in total. The van der Waals surface area contributed by atoms with Crippen molar-refractivity contribution >= 4 is 11.0 Å². The van der Waals surface area contributed by atoms with E-state index in [2.05, 4.69) is 83.1 Å². The lowest BCUT2D eigenvalue weighted by molar-refractivity contribution is 0.872. The lowest BCUT2D eigenvalue weighted by Crippen LogP contribution is -2.05. The van der Waals surface area contributed by atoms with Gasteiger partial charge in [0.2, 0.25) is 0 Å². The van der Waals surface area contributed by atoms with Gasteiger partial charge in [-0.25, -0.2) is 14.6 Å². The molecule has 0 unspecified atom stereocenters. The molecule has 0 aliphatic carbocycles. The van der Waals surface area contributed by atoms with Crippen LogP contribution >= 0.6 is 0 Å². The van der Waals surface area contributed by atoms with E-state index in [0.717, 1.165) is 45.1 Å². The molecule has 0 amide bonds. The summed E-state index contributed by atoms with van der Waals surface area (Å²) >= 11 is 0. The number of rotatable bonds is 3. The number of hydrogen-bond acceptors (Lipinski definition) is 3. The maximum absolute atomic E-state index is 4.78. The molecule has 0 saturated heterocycles. The molecule has 0 atom stereocenters. The number of nitrogens with zero attached hydrogens (tertiary/aromatic N) is 5. The van der Waals surface area contributed by atoms with E-state index >= 15 is 0 Å². The van der Waals surface area contributed by atoms with Crippen LogP contribution in [-0.2, 0) is 7.05 Å². The second-order valence-corrected chi connectivity index (χ2v) is 7.71. The highest BCUT2D eigenvalue weighted by molar-refractivity contribution is 5.91. The van der Waals surface area contributed by atoms with Crippen LogP contribution in [0.3, 0.4) is 0 Å². The SMILES string of the molecule is Cc1cc(-c2ccccc2)cc(C)c1-n1ncnc1-c1cccc2c1nc(C)n2C. The molecule has 0 bridgehead atoms. The molecule has 0 radical (unpaired) electrons. The molecule has 5 aromatic rings. The van der Waals surface area contributed by atoms with Gasteiger partial charge in [0, 0.05) is 12.6 Å². The molecule has 5 nitrogen and oxygen atoms in total. The Hall–Kier alpha value is -3.73. The summed E-state index contributed by atoms with van der Waals surface area (Å²) in [6.07, 6.45) is 1.62. The van der Waals surface area contributed by atoms with Gasteiger partial charge < -0.3 is 4.57 Å². The van der Waals surface area contributed by atoms with E-state index in [4.69, 9.17) is 4.98 Å². The van der Waals surface area contributed by atoms with Crippen LogP contribution in [0.25, 0.3) is 39.2 Å². The monoisotopic (exact) mass is 393 g/mol. The van der Waals surface area contributed by atoms with Crippen molar-refractivity contribution in [2.24, 2.45) is 7.05 Å². The maximum atomic E-state index is 4.78. The lowest BCUT2D eigenvalue weighted by atomic mass is 9.99. The van der Waals surface area contributed by atoms with Crippen LogP contribution in [0.1, 0.15) is 17.0 Å². The van der Waals surface area contributed by atoms with Crippen molar-refractivity contribution in [3.8, 4) is 28.2 Å². The average molecular weight is 393 g/mol. The largest absolute Gasteiger partial charge is 0.331 e.